The Morgan fingerprint density at radius 3 is 2.61 bits per heavy atom. The van der Waals surface area contributed by atoms with Crippen molar-refractivity contribution in [3.8, 4) is 10.8 Å². The maximum absolute atomic E-state index is 12.1. The molecule has 2 aromatic heterocycles. The summed E-state index contributed by atoms with van der Waals surface area (Å²) in [6.07, 6.45) is 0.439. The third-order valence-electron chi connectivity index (χ3n) is 4.65. The summed E-state index contributed by atoms with van der Waals surface area (Å²) in [6, 6.07) is 11.9. The zero-order chi connectivity index (χ0) is 21.3. The Morgan fingerprint density at radius 2 is 1.90 bits per heavy atom. The molecule has 2 N–H and O–H groups in total. The Morgan fingerprint density at radius 1 is 1.13 bits per heavy atom. The van der Waals surface area contributed by atoms with Crippen LogP contribution in [0.4, 0.5) is 0 Å². The molecule has 0 saturated heterocycles. The van der Waals surface area contributed by atoms with Crippen molar-refractivity contribution < 1.29 is 9.21 Å². The summed E-state index contributed by atoms with van der Waals surface area (Å²) in [7, 11) is 0. The van der Waals surface area contributed by atoms with Gasteiger partial charge < -0.3 is 20.0 Å². The minimum absolute atomic E-state index is 0. The SMILES string of the molecule is CCNC(=NCc1ccc(-c2nc3ccccc3s2)o1)NCCC(=O)N(CC)CC.I. The van der Waals surface area contributed by atoms with Gasteiger partial charge in [0, 0.05) is 32.6 Å². The quantitative estimate of drug-likeness (QED) is 0.231. The first kappa shape index (κ1) is 25.1. The number of fused-ring (bicyclic) bond motifs is 1. The van der Waals surface area contributed by atoms with Gasteiger partial charge in [0.25, 0.3) is 0 Å². The van der Waals surface area contributed by atoms with Crippen molar-refractivity contribution in [3.05, 3.63) is 42.2 Å². The number of para-hydroxylation sites is 1. The molecule has 0 bridgehead atoms. The smallest absolute Gasteiger partial charge is 0.224 e. The Bertz CT molecular complexity index is 964. The normalized spacial score (nSPS) is 11.3. The second kappa shape index (κ2) is 12.7. The van der Waals surface area contributed by atoms with Gasteiger partial charge in [-0.25, -0.2) is 9.98 Å². The first-order chi connectivity index (χ1) is 14.6. The van der Waals surface area contributed by atoms with Crippen LogP contribution in [0.25, 0.3) is 21.0 Å². The molecule has 168 valence electrons. The van der Waals surface area contributed by atoms with E-state index < -0.39 is 0 Å². The van der Waals surface area contributed by atoms with E-state index in [1.807, 2.05) is 56.0 Å². The Labute approximate surface area is 204 Å². The molecular formula is C22H30IN5O2S. The van der Waals surface area contributed by atoms with E-state index in [1.54, 1.807) is 11.3 Å². The molecule has 3 aromatic rings. The van der Waals surface area contributed by atoms with Gasteiger partial charge in [-0.15, -0.1) is 35.3 Å². The zero-order valence-electron chi connectivity index (χ0n) is 18.2. The first-order valence-electron chi connectivity index (χ1n) is 10.4. The number of hydrogen-bond acceptors (Lipinski definition) is 5. The van der Waals surface area contributed by atoms with Crippen LogP contribution in [0.2, 0.25) is 0 Å². The first-order valence-corrected chi connectivity index (χ1v) is 11.2. The lowest BCUT2D eigenvalue weighted by Gasteiger charge is -2.19. The van der Waals surface area contributed by atoms with Crippen LogP contribution in [-0.4, -0.2) is 47.9 Å². The number of aliphatic imine (C=N–C) groups is 1. The Hall–Kier alpha value is -2.14. The summed E-state index contributed by atoms with van der Waals surface area (Å²) in [5.74, 6) is 2.34. The van der Waals surface area contributed by atoms with Crippen molar-refractivity contribution >= 4 is 57.4 Å². The van der Waals surface area contributed by atoms with Gasteiger partial charge in [0.15, 0.2) is 16.7 Å². The number of furan rings is 1. The number of rotatable bonds is 9. The average molecular weight is 555 g/mol. The molecule has 0 unspecified atom stereocenters. The van der Waals surface area contributed by atoms with Crippen molar-refractivity contribution in [2.45, 2.75) is 33.7 Å². The number of guanidine groups is 1. The minimum atomic E-state index is 0. The number of aromatic nitrogens is 1. The molecule has 0 atom stereocenters. The molecule has 0 aliphatic carbocycles. The highest BCUT2D eigenvalue weighted by atomic mass is 127. The summed E-state index contributed by atoms with van der Waals surface area (Å²) in [5, 5.41) is 7.29. The van der Waals surface area contributed by atoms with Crippen molar-refractivity contribution in [1.29, 1.82) is 0 Å². The summed E-state index contributed by atoms with van der Waals surface area (Å²) >= 11 is 1.61. The Kier molecular flexibility index (Phi) is 10.3. The molecule has 0 spiro atoms. The zero-order valence-corrected chi connectivity index (χ0v) is 21.3. The van der Waals surface area contributed by atoms with Crippen LogP contribution in [0.5, 0.6) is 0 Å². The standard InChI is InChI=1S/C22H29N5O2S.HI/c1-4-23-22(24-14-13-20(28)27(5-2)6-3)25-15-16-11-12-18(29-16)21-26-17-9-7-8-10-19(17)30-21;/h7-12H,4-6,13-15H2,1-3H3,(H2,23,24,25);1H. The molecule has 1 aromatic carbocycles. The molecule has 7 nitrogen and oxygen atoms in total. The second-order valence-corrected chi connectivity index (χ2v) is 7.72. The fourth-order valence-electron chi connectivity index (χ4n) is 3.08. The highest BCUT2D eigenvalue weighted by Gasteiger charge is 2.11. The summed E-state index contributed by atoms with van der Waals surface area (Å²) in [5.41, 5.74) is 0.978. The number of hydrogen-bond donors (Lipinski definition) is 2. The van der Waals surface area contributed by atoms with Crippen LogP contribution >= 0.6 is 35.3 Å². The fraction of sp³-hybridized carbons (Fsp3) is 0.409. The van der Waals surface area contributed by atoms with Crippen LogP contribution in [0.15, 0.2) is 45.8 Å². The van der Waals surface area contributed by atoms with Gasteiger partial charge >= 0.3 is 0 Å². The van der Waals surface area contributed by atoms with Crippen LogP contribution in [0.3, 0.4) is 0 Å². The number of carbonyl (C=O) groups is 1. The van der Waals surface area contributed by atoms with E-state index in [0.717, 1.165) is 46.4 Å². The van der Waals surface area contributed by atoms with Crippen molar-refractivity contribution in [3.63, 3.8) is 0 Å². The van der Waals surface area contributed by atoms with E-state index in [-0.39, 0.29) is 29.9 Å². The molecule has 3 rings (SSSR count). The third kappa shape index (κ3) is 6.93. The highest BCUT2D eigenvalue weighted by Crippen LogP contribution is 2.31. The van der Waals surface area contributed by atoms with Crippen LogP contribution in [-0.2, 0) is 11.3 Å². The molecule has 2 heterocycles. The van der Waals surface area contributed by atoms with Crippen molar-refractivity contribution in [2.24, 2.45) is 4.99 Å². The van der Waals surface area contributed by atoms with E-state index in [2.05, 4.69) is 26.7 Å². The van der Waals surface area contributed by atoms with Crippen LogP contribution in [0, 0.1) is 0 Å². The number of amides is 1. The molecule has 0 saturated carbocycles. The van der Waals surface area contributed by atoms with Crippen molar-refractivity contribution in [1.82, 2.24) is 20.5 Å². The lowest BCUT2D eigenvalue weighted by Crippen LogP contribution is -2.40. The highest BCUT2D eigenvalue weighted by molar-refractivity contribution is 14.0. The van der Waals surface area contributed by atoms with Gasteiger partial charge in [0.05, 0.1) is 10.2 Å². The number of thiazole rings is 1. The Balaban J connectivity index is 0.00000341. The fourth-order valence-corrected chi connectivity index (χ4v) is 4.00. The van der Waals surface area contributed by atoms with Crippen molar-refractivity contribution in [2.75, 3.05) is 26.2 Å². The van der Waals surface area contributed by atoms with E-state index in [0.29, 0.717) is 25.5 Å². The van der Waals surface area contributed by atoms with Gasteiger partial charge in [0.2, 0.25) is 5.91 Å². The van der Waals surface area contributed by atoms with Gasteiger partial charge in [-0.3, -0.25) is 4.79 Å². The van der Waals surface area contributed by atoms with Gasteiger partial charge in [-0.1, -0.05) is 12.1 Å². The summed E-state index contributed by atoms with van der Waals surface area (Å²) in [4.78, 5) is 23.2. The van der Waals surface area contributed by atoms with E-state index in [4.69, 9.17) is 4.42 Å². The van der Waals surface area contributed by atoms with Gasteiger partial charge in [-0.2, -0.15) is 0 Å². The van der Waals surface area contributed by atoms with Gasteiger partial charge in [0.1, 0.15) is 12.3 Å². The number of carbonyl (C=O) groups excluding carboxylic acids is 1. The molecule has 1 amide bonds. The van der Waals surface area contributed by atoms with Gasteiger partial charge in [-0.05, 0) is 45.0 Å². The lowest BCUT2D eigenvalue weighted by atomic mass is 10.3. The number of nitrogens with one attached hydrogen (secondary N) is 2. The average Bonchev–Trinajstić information content (AvgIpc) is 3.39. The number of nitrogens with zero attached hydrogens (tertiary/aromatic N) is 3. The van der Waals surface area contributed by atoms with E-state index >= 15 is 0 Å². The van der Waals surface area contributed by atoms with E-state index in [9.17, 15) is 4.79 Å². The predicted molar refractivity (Wildman–Crippen MR) is 138 cm³/mol. The molecule has 31 heavy (non-hydrogen) atoms. The minimum Gasteiger partial charge on any atom is -0.457 e. The number of benzene rings is 1. The second-order valence-electron chi connectivity index (χ2n) is 6.69. The van der Waals surface area contributed by atoms with Crippen LogP contribution < -0.4 is 10.6 Å². The molecule has 0 fully saturated rings. The lowest BCUT2D eigenvalue weighted by molar-refractivity contribution is -0.130. The third-order valence-corrected chi connectivity index (χ3v) is 5.70. The maximum atomic E-state index is 12.1. The topological polar surface area (TPSA) is 82.8 Å². The molecule has 0 aliphatic heterocycles. The molecule has 0 aliphatic rings. The van der Waals surface area contributed by atoms with E-state index in [1.165, 1.54) is 0 Å². The summed E-state index contributed by atoms with van der Waals surface area (Å²) in [6.45, 7) is 9.15. The number of halogens is 1. The molecular weight excluding hydrogens is 525 g/mol. The largest absolute Gasteiger partial charge is 0.457 e. The van der Waals surface area contributed by atoms with Crippen LogP contribution in [0.1, 0.15) is 33.0 Å². The molecule has 0 radical (unpaired) electrons. The maximum Gasteiger partial charge on any atom is 0.224 e. The molecule has 9 heteroatoms. The monoisotopic (exact) mass is 555 g/mol. The summed E-state index contributed by atoms with van der Waals surface area (Å²) < 4.78 is 7.10. The predicted octanol–water partition coefficient (Wildman–Crippen LogP) is 4.49.